The summed E-state index contributed by atoms with van der Waals surface area (Å²) in [7, 11) is 6.02. The van der Waals surface area contributed by atoms with Crippen LogP contribution in [0.25, 0.3) is 0 Å². The Bertz CT molecular complexity index is 364. The van der Waals surface area contributed by atoms with E-state index in [1.54, 1.807) is 0 Å². The maximum absolute atomic E-state index is 4.54. The van der Waals surface area contributed by atoms with Crippen molar-refractivity contribution in [3.05, 3.63) is 11.9 Å². The second-order valence-corrected chi connectivity index (χ2v) is 4.86. The first-order valence-corrected chi connectivity index (χ1v) is 6.52. The first-order valence-electron chi connectivity index (χ1n) is 6.52. The van der Waals surface area contributed by atoms with E-state index in [1.807, 2.05) is 13.1 Å². The van der Waals surface area contributed by atoms with Crippen molar-refractivity contribution in [1.82, 2.24) is 14.9 Å². The average Bonchev–Trinajstić information content (AvgIpc) is 2.27. The number of hydrogen-bond acceptors (Lipinski definition) is 5. The van der Waals surface area contributed by atoms with Crippen LogP contribution in [0.15, 0.2) is 6.07 Å². The van der Waals surface area contributed by atoms with Crippen LogP contribution in [-0.2, 0) is 6.42 Å². The van der Waals surface area contributed by atoms with E-state index in [0.717, 1.165) is 36.8 Å². The fourth-order valence-electron chi connectivity index (χ4n) is 1.88. The predicted molar refractivity (Wildman–Crippen MR) is 77.2 cm³/mol. The Balaban J connectivity index is 2.77. The Morgan fingerprint density at radius 2 is 1.94 bits per heavy atom. The molecule has 18 heavy (non-hydrogen) atoms. The van der Waals surface area contributed by atoms with Crippen LogP contribution in [0.1, 0.15) is 26.1 Å². The average molecular weight is 251 g/mol. The van der Waals surface area contributed by atoms with Gasteiger partial charge in [0.15, 0.2) is 0 Å². The normalized spacial score (nSPS) is 12.6. The van der Waals surface area contributed by atoms with Crippen LogP contribution in [-0.4, -0.2) is 48.6 Å². The molecule has 0 aliphatic carbocycles. The minimum atomic E-state index is 0.356. The monoisotopic (exact) mass is 251 g/mol. The number of aromatic nitrogens is 2. The minimum absolute atomic E-state index is 0.356. The third-order valence-electron chi connectivity index (χ3n) is 2.54. The van der Waals surface area contributed by atoms with Gasteiger partial charge < -0.3 is 15.5 Å². The molecule has 2 N–H and O–H groups in total. The minimum Gasteiger partial charge on any atom is -0.373 e. The maximum Gasteiger partial charge on any atom is 0.133 e. The summed E-state index contributed by atoms with van der Waals surface area (Å²) in [5.74, 6) is 2.66. The van der Waals surface area contributed by atoms with Crippen LogP contribution in [0.4, 0.5) is 11.6 Å². The van der Waals surface area contributed by atoms with Gasteiger partial charge in [-0.1, -0.05) is 6.92 Å². The van der Waals surface area contributed by atoms with Crippen LogP contribution < -0.4 is 10.6 Å². The highest BCUT2D eigenvalue weighted by molar-refractivity contribution is 5.47. The molecule has 0 fully saturated rings. The Hall–Kier alpha value is -1.36. The molecule has 0 amide bonds. The Kier molecular flexibility index (Phi) is 5.85. The highest BCUT2D eigenvalue weighted by atomic mass is 15.1. The van der Waals surface area contributed by atoms with Crippen molar-refractivity contribution in [2.45, 2.75) is 32.7 Å². The molecular weight excluding hydrogens is 226 g/mol. The molecule has 0 saturated heterocycles. The number of nitrogens with zero attached hydrogens (tertiary/aromatic N) is 3. The molecule has 5 nitrogen and oxygen atoms in total. The third-order valence-corrected chi connectivity index (χ3v) is 2.54. The van der Waals surface area contributed by atoms with Crippen molar-refractivity contribution in [2.75, 3.05) is 38.3 Å². The molecule has 0 radical (unpaired) electrons. The zero-order chi connectivity index (χ0) is 13.5. The zero-order valence-electron chi connectivity index (χ0n) is 12.1. The van der Waals surface area contributed by atoms with Gasteiger partial charge >= 0.3 is 0 Å². The van der Waals surface area contributed by atoms with E-state index < -0.39 is 0 Å². The highest BCUT2D eigenvalue weighted by Crippen LogP contribution is 2.13. The molecule has 0 aliphatic rings. The molecule has 0 saturated carbocycles. The number of anilines is 2. The lowest BCUT2D eigenvalue weighted by Gasteiger charge is -2.19. The maximum atomic E-state index is 4.54. The number of likely N-dealkylation sites (N-methyl/N-ethyl adjacent to an activating group) is 1. The molecule has 1 heterocycles. The topological polar surface area (TPSA) is 53.1 Å². The molecule has 1 aromatic heterocycles. The summed E-state index contributed by atoms with van der Waals surface area (Å²) in [5.41, 5.74) is 0. The van der Waals surface area contributed by atoms with E-state index in [4.69, 9.17) is 0 Å². The lowest BCUT2D eigenvalue weighted by molar-refractivity contribution is 0.392. The van der Waals surface area contributed by atoms with Crippen LogP contribution in [0.2, 0.25) is 0 Å². The molecule has 1 rings (SSSR count). The van der Waals surface area contributed by atoms with E-state index in [9.17, 15) is 0 Å². The van der Waals surface area contributed by atoms with Crippen LogP contribution in [0.5, 0.6) is 0 Å². The molecule has 1 unspecified atom stereocenters. The standard InChI is InChI=1S/C13H25N5/c1-6-7-11-16-12(14-3)8-13(17-11)15-10(2)9-18(4)5/h8,10H,6-7,9H2,1-5H3,(H2,14,15,16,17). The molecule has 5 heteroatoms. The number of nitrogens with one attached hydrogen (secondary N) is 2. The van der Waals surface area contributed by atoms with Crippen LogP contribution in [0, 0.1) is 0 Å². The predicted octanol–water partition coefficient (Wildman–Crippen LogP) is 1.83. The van der Waals surface area contributed by atoms with Gasteiger partial charge in [0.05, 0.1) is 0 Å². The Labute approximate surface area is 110 Å². The molecular formula is C13H25N5. The summed E-state index contributed by atoms with van der Waals surface area (Å²) < 4.78 is 0. The molecule has 102 valence electrons. The second kappa shape index (κ2) is 7.16. The molecule has 0 aliphatic heterocycles. The molecule has 0 bridgehead atoms. The van der Waals surface area contributed by atoms with Gasteiger partial charge in [0.2, 0.25) is 0 Å². The summed E-state index contributed by atoms with van der Waals surface area (Å²) in [5, 5.41) is 6.49. The molecule has 0 aromatic carbocycles. The Morgan fingerprint density at radius 1 is 1.28 bits per heavy atom. The lowest BCUT2D eigenvalue weighted by Crippen LogP contribution is -2.30. The van der Waals surface area contributed by atoms with E-state index in [2.05, 4.69) is 53.4 Å². The van der Waals surface area contributed by atoms with Gasteiger partial charge in [-0.05, 0) is 27.4 Å². The molecule has 0 spiro atoms. The van der Waals surface area contributed by atoms with Crippen molar-refractivity contribution in [1.29, 1.82) is 0 Å². The van der Waals surface area contributed by atoms with Crippen LogP contribution >= 0.6 is 0 Å². The smallest absolute Gasteiger partial charge is 0.133 e. The van der Waals surface area contributed by atoms with Gasteiger partial charge in [-0.25, -0.2) is 9.97 Å². The molecule has 1 atom stereocenters. The summed E-state index contributed by atoms with van der Waals surface area (Å²) in [6, 6.07) is 2.31. The molecule has 1 aromatic rings. The first kappa shape index (κ1) is 14.7. The van der Waals surface area contributed by atoms with E-state index in [0.29, 0.717) is 6.04 Å². The van der Waals surface area contributed by atoms with Crippen LogP contribution in [0.3, 0.4) is 0 Å². The summed E-state index contributed by atoms with van der Waals surface area (Å²) in [4.78, 5) is 11.1. The van der Waals surface area contributed by atoms with Crippen molar-refractivity contribution >= 4 is 11.6 Å². The fourth-order valence-corrected chi connectivity index (χ4v) is 1.88. The van der Waals surface area contributed by atoms with E-state index in [1.165, 1.54) is 0 Å². The van der Waals surface area contributed by atoms with Crippen molar-refractivity contribution < 1.29 is 0 Å². The van der Waals surface area contributed by atoms with Crippen molar-refractivity contribution in [3.63, 3.8) is 0 Å². The summed E-state index contributed by atoms with van der Waals surface area (Å²) in [6.07, 6.45) is 1.96. The van der Waals surface area contributed by atoms with E-state index >= 15 is 0 Å². The van der Waals surface area contributed by atoms with Crippen molar-refractivity contribution in [2.24, 2.45) is 0 Å². The lowest BCUT2D eigenvalue weighted by atomic mass is 10.3. The SMILES string of the molecule is CCCc1nc(NC)cc(NC(C)CN(C)C)n1. The second-order valence-electron chi connectivity index (χ2n) is 4.86. The van der Waals surface area contributed by atoms with Gasteiger partial charge in [0, 0.05) is 32.1 Å². The van der Waals surface area contributed by atoms with Gasteiger partial charge in [-0.2, -0.15) is 0 Å². The zero-order valence-corrected chi connectivity index (χ0v) is 12.1. The van der Waals surface area contributed by atoms with Gasteiger partial charge in [-0.3, -0.25) is 0 Å². The highest BCUT2D eigenvalue weighted by Gasteiger charge is 2.07. The van der Waals surface area contributed by atoms with Gasteiger partial charge in [0.25, 0.3) is 0 Å². The summed E-state index contributed by atoms with van der Waals surface area (Å²) >= 11 is 0. The summed E-state index contributed by atoms with van der Waals surface area (Å²) in [6.45, 7) is 5.26. The third kappa shape index (κ3) is 4.87. The van der Waals surface area contributed by atoms with Crippen molar-refractivity contribution in [3.8, 4) is 0 Å². The Morgan fingerprint density at radius 3 is 2.50 bits per heavy atom. The van der Waals surface area contributed by atoms with Gasteiger partial charge in [-0.15, -0.1) is 0 Å². The number of rotatable bonds is 7. The fraction of sp³-hybridized carbons (Fsp3) is 0.692. The first-order chi connectivity index (χ1) is 8.55. The van der Waals surface area contributed by atoms with Gasteiger partial charge in [0.1, 0.15) is 17.5 Å². The number of hydrogen-bond donors (Lipinski definition) is 2. The number of aryl methyl sites for hydroxylation is 1. The quantitative estimate of drug-likeness (QED) is 0.774. The van der Waals surface area contributed by atoms with E-state index in [-0.39, 0.29) is 0 Å². The largest absolute Gasteiger partial charge is 0.373 e.